The van der Waals surface area contributed by atoms with Gasteiger partial charge in [-0.1, -0.05) is 163 Å². The van der Waals surface area contributed by atoms with Crippen LogP contribution in [-0.2, 0) is 43.3 Å². The van der Waals surface area contributed by atoms with Crippen molar-refractivity contribution in [2.45, 2.75) is 207 Å². The third-order valence-electron chi connectivity index (χ3n) is 17.4. The summed E-state index contributed by atoms with van der Waals surface area (Å²) in [5.41, 5.74) is 22.5. The first-order valence-corrected chi connectivity index (χ1v) is 26.9. The van der Waals surface area contributed by atoms with E-state index in [1.807, 2.05) is 11.3 Å². The van der Waals surface area contributed by atoms with E-state index in [1.165, 1.54) is 130 Å². The van der Waals surface area contributed by atoms with Gasteiger partial charge in [0.05, 0.1) is 5.69 Å². The standard InChI is InChI=1S/C64H81BN2S/c1-57(2,3)38-21-24-53-44(32-38)55-56(68-53)65-49-36-47-48(64(19,20)28-27-63(47,17)18)37-50(49)66(43-30-39(58(4,5)6)29-40(31-43)59(7,8)9)51-33-41(60(10,11)12)34-52(54(51)65)67(55)42-22-23-45-46(35-42)62(15,16)26-25-61(45,13)14/h21-24,29-37H,25-28H2,1-20H3. The Morgan fingerprint density at radius 1 is 0.426 bits per heavy atom. The predicted molar refractivity (Wildman–Crippen MR) is 301 cm³/mol. The molecular formula is C64H81BN2S. The minimum atomic E-state index is -0.109. The number of benzene rings is 5. The summed E-state index contributed by atoms with van der Waals surface area (Å²) in [7, 11) is 0. The molecule has 6 aromatic rings. The van der Waals surface area contributed by atoms with Crippen LogP contribution in [0.4, 0.5) is 34.1 Å². The molecule has 3 heterocycles. The highest BCUT2D eigenvalue weighted by Gasteiger charge is 2.49. The van der Waals surface area contributed by atoms with E-state index in [-0.39, 0.29) is 50.0 Å². The lowest BCUT2D eigenvalue weighted by Crippen LogP contribution is -2.61. The van der Waals surface area contributed by atoms with Gasteiger partial charge in [0.1, 0.15) is 0 Å². The van der Waals surface area contributed by atoms with Gasteiger partial charge in [-0.25, -0.2) is 0 Å². The highest BCUT2D eigenvalue weighted by Crippen LogP contribution is 2.55. The molecule has 1 aromatic heterocycles. The van der Waals surface area contributed by atoms with E-state index >= 15 is 0 Å². The predicted octanol–water partition coefficient (Wildman–Crippen LogP) is 16.9. The SMILES string of the molecule is CC(C)(C)c1cc(N2c3cc4c(cc3B3c5sc6ccc(C(C)(C)C)cc6c5N(c5ccc6c(c5)C(C)(C)CCC6(C)C)c5cc(C(C)(C)C)cc2c53)C(C)(C)CCC4(C)C)cc(C(C)(C)C)c1. The number of nitrogens with zero attached hydrogens (tertiary/aromatic N) is 2. The minimum Gasteiger partial charge on any atom is -0.311 e. The molecule has 0 unspecified atom stereocenters. The summed E-state index contributed by atoms with van der Waals surface area (Å²) in [6, 6.07) is 33.2. The van der Waals surface area contributed by atoms with E-state index in [0.717, 1.165) is 0 Å². The molecule has 0 fully saturated rings. The van der Waals surface area contributed by atoms with Gasteiger partial charge in [-0.05, 0) is 179 Å². The largest absolute Gasteiger partial charge is 0.311 e. The Kier molecular flexibility index (Phi) is 10.2. The molecule has 2 aliphatic carbocycles. The summed E-state index contributed by atoms with van der Waals surface area (Å²) >= 11 is 2.04. The summed E-state index contributed by atoms with van der Waals surface area (Å²) in [4.78, 5) is 5.50. The van der Waals surface area contributed by atoms with Crippen LogP contribution in [0, 0.1) is 0 Å². The van der Waals surface area contributed by atoms with Crippen molar-refractivity contribution in [2.24, 2.45) is 0 Å². The average Bonchev–Trinajstić information content (AvgIpc) is 3.60. The van der Waals surface area contributed by atoms with Crippen molar-refractivity contribution >= 4 is 78.0 Å². The van der Waals surface area contributed by atoms with Crippen molar-refractivity contribution in [3.8, 4) is 0 Å². The Balaban J connectivity index is 1.40. The molecule has 10 rings (SSSR count). The fourth-order valence-electron chi connectivity index (χ4n) is 12.3. The lowest BCUT2D eigenvalue weighted by molar-refractivity contribution is 0.332. The number of rotatable bonds is 2. The zero-order valence-electron chi connectivity index (χ0n) is 45.7. The molecule has 68 heavy (non-hydrogen) atoms. The number of hydrogen-bond donors (Lipinski definition) is 0. The van der Waals surface area contributed by atoms with Crippen molar-refractivity contribution in [1.82, 2.24) is 0 Å². The van der Waals surface area contributed by atoms with Crippen LogP contribution in [0.5, 0.6) is 0 Å². The second-order valence-corrected chi connectivity index (χ2v) is 29.6. The van der Waals surface area contributed by atoms with Crippen LogP contribution < -0.4 is 25.5 Å². The Morgan fingerprint density at radius 3 is 1.43 bits per heavy atom. The van der Waals surface area contributed by atoms with E-state index < -0.39 is 0 Å². The summed E-state index contributed by atoms with van der Waals surface area (Å²) in [5, 5.41) is 1.37. The van der Waals surface area contributed by atoms with E-state index in [2.05, 4.69) is 227 Å². The lowest BCUT2D eigenvalue weighted by Gasteiger charge is -2.48. The van der Waals surface area contributed by atoms with E-state index in [4.69, 9.17) is 0 Å². The van der Waals surface area contributed by atoms with Crippen LogP contribution in [0.2, 0.25) is 0 Å². The second kappa shape index (κ2) is 14.6. The average molecular weight is 921 g/mol. The molecule has 0 amide bonds. The third kappa shape index (κ3) is 7.37. The second-order valence-electron chi connectivity index (χ2n) is 28.5. The van der Waals surface area contributed by atoms with Gasteiger partial charge >= 0.3 is 0 Å². The molecule has 0 saturated heterocycles. The first-order chi connectivity index (χ1) is 31.2. The molecule has 4 heteroatoms. The maximum Gasteiger partial charge on any atom is 0.264 e. The Morgan fingerprint density at radius 2 is 0.897 bits per heavy atom. The molecule has 0 radical (unpaired) electrons. The molecule has 0 spiro atoms. The Bertz CT molecular complexity index is 3040. The van der Waals surface area contributed by atoms with Crippen LogP contribution in [0.1, 0.15) is 209 Å². The summed E-state index contributed by atoms with van der Waals surface area (Å²) in [6.07, 6.45) is 4.75. The molecule has 356 valence electrons. The smallest absolute Gasteiger partial charge is 0.264 e. The zero-order chi connectivity index (χ0) is 49.4. The molecule has 0 atom stereocenters. The Labute approximate surface area is 416 Å². The van der Waals surface area contributed by atoms with Crippen molar-refractivity contribution in [2.75, 3.05) is 9.80 Å². The highest BCUT2D eigenvalue weighted by molar-refractivity contribution is 7.33. The number of thiophene rings is 1. The van der Waals surface area contributed by atoms with Gasteiger partial charge in [-0.15, -0.1) is 11.3 Å². The van der Waals surface area contributed by atoms with E-state index in [1.54, 1.807) is 0 Å². The molecule has 4 aliphatic rings. The van der Waals surface area contributed by atoms with Gasteiger partial charge in [-0.2, -0.15) is 0 Å². The van der Waals surface area contributed by atoms with Crippen LogP contribution in [0.25, 0.3) is 10.1 Å². The molecule has 2 aliphatic heterocycles. The van der Waals surface area contributed by atoms with Crippen LogP contribution in [0.15, 0.2) is 78.9 Å². The van der Waals surface area contributed by atoms with Gasteiger partial charge in [0, 0.05) is 43.3 Å². The molecule has 0 saturated carbocycles. The molecule has 0 bridgehead atoms. The lowest BCUT2D eigenvalue weighted by atomic mass is 9.35. The quantitative estimate of drug-likeness (QED) is 0.159. The normalized spacial score (nSPS) is 19.0. The molecule has 5 aromatic carbocycles. The first-order valence-electron chi connectivity index (χ1n) is 26.0. The summed E-state index contributed by atoms with van der Waals surface area (Å²) in [5.74, 6) is 0. The number of hydrogen-bond acceptors (Lipinski definition) is 3. The van der Waals surface area contributed by atoms with Gasteiger partial charge in [0.15, 0.2) is 0 Å². The van der Waals surface area contributed by atoms with Gasteiger partial charge in [0.2, 0.25) is 0 Å². The maximum atomic E-state index is 2.75. The molecule has 2 nitrogen and oxygen atoms in total. The van der Waals surface area contributed by atoms with Crippen LogP contribution in [0.3, 0.4) is 0 Å². The monoisotopic (exact) mass is 921 g/mol. The number of anilines is 6. The van der Waals surface area contributed by atoms with Crippen molar-refractivity contribution in [1.29, 1.82) is 0 Å². The van der Waals surface area contributed by atoms with Gasteiger partial charge in [-0.3, -0.25) is 0 Å². The zero-order valence-corrected chi connectivity index (χ0v) is 46.5. The summed E-state index contributed by atoms with van der Waals surface area (Å²) in [6.45, 7) is 48.6. The highest BCUT2D eigenvalue weighted by atomic mass is 32.1. The van der Waals surface area contributed by atoms with Crippen molar-refractivity contribution < 1.29 is 0 Å². The van der Waals surface area contributed by atoms with Crippen molar-refractivity contribution in [3.63, 3.8) is 0 Å². The maximum absolute atomic E-state index is 2.75. The Hall–Kier alpha value is -4.28. The van der Waals surface area contributed by atoms with Crippen LogP contribution in [-0.4, -0.2) is 6.71 Å². The fraction of sp³-hybridized carbons (Fsp3) is 0.500. The van der Waals surface area contributed by atoms with Crippen molar-refractivity contribution in [3.05, 3.63) is 123 Å². The van der Waals surface area contributed by atoms with Gasteiger partial charge < -0.3 is 9.80 Å². The topological polar surface area (TPSA) is 6.48 Å². The number of fused-ring (bicyclic) bond motifs is 8. The molecule has 0 N–H and O–H groups in total. The van der Waals surface area contributed by atoms with Gasteiger partial charge in [0.25, 0.3) is 6.71 Å². The van der Waals surface area contributed by atoms with E-state index in [9.17, 15) is 0 Å². The molecular weight excluding hydrogens is 840 g/mol. The summed E-state index contributed by atoms with van der Waals surface area (Å²) < 4.78 is 2.84. The fourth-order valence-corrected chi connectivity index (χ4v) is 13.6. The van der Waals surface area contributed by atoms with E-state index in [0.29, 0.717) is 0 Å². The first kappa shape index (κ1) is 47.4. The van der Waals surface area contributed by atoms with Crippen LogP contribution >= 0.6 is 11.3 Å². The minimum absolute atomic E-state index is 0.0112. The third-order valence-corrected chi connectivity index (χ3v) is 18.6.